The van der Waals surface area contributed by atoms with E-state index in [1.165, 1.54) is 24.9 Å². The number of methoxy groups -OCH3 is 1. The Bertz CT molecular complexity index is 1020. The minimum atomic E-state index is -0.0815. The minimum Gasteiger partial charge on any atom is -0.496 e. The number of anilines is 2. The molecule has 0 aliphatic carbocycles. The maximum Gasteiger partial charge on any atom is 0.253 e. The van der Waals surface area contributed by atoms with Crippen LogP contribution in [0.25, 0.3) is 10.9 Å². The monoisotopic (exact) mass is 441 g/mol. The molecule has 0 atom stereocenters. The second-order valence-electron chi connectivity index (χ2n) is 7.11. The normalized spacial score (nSPS) is 14.3. The number of pyridine rings is 1. The summed E-state index contributed by atoms with van der Waals surface area (Å²) in [5, 5.41) is 4.29. The van der Waals surface area contributed by atoms with Crippen LogP contribution in [-0.2, 0) is 6.54 Å². The Morgan fingerprint density at radius 3 is 2.57 bits per heavy atom. The summed E-state index contributed by atoms with van der Waals surface area (Å²) in [5.74, 6) is 0.742. The Kier molecular flexibility index (Phi) is 5.57. The van der Waals surface area contributed by atoms with Crippen molar-refractivity contribution in [1.29, 1.82) is 0 Å². The van der Waals surface area contributed by atoms with Crippen molar-refractivity contribution in [2.24, 2.45) is 0 Å². The molecule has 4 rings (SSSR count). The molecule has 6 heteroatoms. The highest BCUT2D eigenvalue weighted by atomic mass is 79.9. The van der Waals surface area contributed by atoms with Crippen LogP contribution in [-0.4, -0.2) is 25.2 Å². The van der Waals surface area contributed by atoms with Crippen LogP contribution in [0.1, 0.15) is 24.8 Å². The Labute approximate surface area is 172 Å². The molecule has 3 aromatic rings. The van der Waals surface area contributed by atoms with Gasteiger partial charge in [0.15, 0.2) is 0 Å². The predicted octanol–water partition coefficient (Wildman–Crippen LogP) is 4.90. The molecular formula is C22H24BrN3O2. The van der Waals surface area contributed by atoms with Crippen molar-refractivity contribution in [2.75, 3.05) is 30.4 Å². The second kappa shape index (κ2) is 8.27. The first-order valence-electron chi connectivity index (χ1n) is 9.63. The molecule has 1 aliphatic rings. The quantitative estimate of drug-likeness (QED) is 0.590. The van der Waals surface area contributed by atoms with E-state index in [1.807, 2.05) is 18.2 Å². The van der Waals surface area contributed by atoms with E-state index in [0.717, 1.165) is 39.9 Å². The largest absolute Gasteiger partial charge is 0.496 e. The van der Waals surface area contributed by atoms with Crippen LogP contribution in [0.15, 0.2) is 51.7 Å². The lowest BCUT2D eigenvalue weighted by Gasteiger charge is -2.28. The molecule has 28 heavy (non-hydrogen) atoms. The molecular weight excluding hydrogens is 418 g/mol. The Morgan fingerprint density at radius 2 is 1.86 bits per heavy atom. The average Bonchev–Trinajstić information content (AvgIpc) is 2.74. The van der Waals surface area contributed by atoms with Gasteiger partial charge >= 0.3 is 0 Å². The van der Waals surface area contributed by atoms with E-state index in [1.54, 1.807) is 7.11 Å². The maximum atomic E-state index is 12.4. The molecule has 1 aromatic heterocycles. The lowest BCUT2D eigenvalue weighted by molar-refractivity contribution is 0.413. The van der Waals surface area contributed by atoms with Gasteiger partial charge in [-0.3, -0.25) is 4.79 Å². The molecule has 2 aromatic carbocycles. The summed E-state index contributed by atoms with van der Waals surface area (Å²) < 4.78 is 6.20. The van der Waals surface area contributed by atoms with Gasteiger partial charge in [-0.25, -0.2) is 0 Å². The number of fused-ring (bicyclic) bond motifs is 1. The molecule has 0 saturated carbocycles. The van der Waals surface area contributed by atoms with E-state index >= 15 is 0 Å². The number of rotatable bonds is 5. The van der Waals surface area contributed by atoms with E-state index in [-0.39, 0.29) is 5.56 Å². The third-order valence-electron chi connectivity index (χ3n) is 5.29. The molecule has 2 N–H and O–H groups in total. The number of nitrogens with zero attached hydrogens (tertiary/aromatic N) is 1. The van der Waals surface area contributed by atoms with Gasteiger partial charge in [0, 0.05) is 47.5 Å². The van der Waals surface area contributed by atoms with Crippen LogP contribution in [0.2, 0.25) is 0 Å². The number of hydrogen-bond donors (Lipinski definition) is 2. The second-order valence-corrected chi connectivity index (χ2v) is 7.91. The first-order chi connectivity index (χ1) is 13.7. The van der Waals surface area contributed by atoms with E-state index in [9.17, 15) is 4.79 Å². The van der Waals surface area contributed by atoms with Crippen LogP contribution in [0, 0.1) is 0 Å². The lowest BCUT2D eigenvalue weighted by atomic mass is 10.1. The van der Waals surface area contributed by atoms with Crippen molar-refractivity contribution >= 4 is 38.2 Å². The Morgan fingerprint density at radius 1 is 1.11 bits per heavy atom. The van der Waals surface area contributed by atoms with E-state index in [0.29, 0.717) is 12.1 Å². The summed E-state index contributed by atoms with van der Waals surface area (Å²) in [6.07, 6.45) is 3.87. The number of aromatic amines is 1. The number of piperidine rings is 1. The Balaban J connectivity index is 1.51. The first kappa shape index (κ1) is 18.9. The van der Waals surface area contributed by atoms with Gasteiger partial charge in [0.05, 0.1) is 11.6 Å². The predicted molar refractivity (Wildman–Crippen MR) is 119 cm³/mol. The molecule has 0 radical (unpaired) electrons. The van der Waals surface area contributed by atoms with Crippen LogP contribution in [0.4, 0.5) is 11.4 Å². The van der Waals surface area contributed by atoms with Gasteiger partial charge < -0.3 is 19.9 Å². The van der Waals surface area contributed by atoms with E-state index in [2.05, 4.69) is 55.4 Å². The van der Waals surface area contributed by atoms with E-state index in [4.69, 9.17) is 4.74 Å². The standard InChI is InChI=1S/C22H24BrN3O2/c1-28-20-10-9-19-18(21(20)23)13-15(22(27)25-19)14-24-16-5-7-17(8-6-16)26-11-3-2-4-12-26/h5-10,13,24H,2-4,11-12,14H2,1H3,(H,25,27). The van der Waals surface area contributed by atoms with E-state index < -0.39 is 0 Å². The van der Waals surface area contributed by atoms with Crippen molar-refractivity contribution in [2.45, 2.75) is 25.8 Å². The van der Waals surface area contributed by atoms with Gasteiger partial charge in [0.1, 0.15) is 5.75 Å². The van der Waals surface area contributed by atoms with Gasteiger partial charge in [-0.05, 0) is 77.7 Å². The number of hydrogen-bond acceptors (Lipinski definition) is 4. The zero-order valence-electron chi connectivity index (χ0n) is 15.9. The molecule has 1 fully saturated rings. The average molecular weight is 442 g/mol. The van der Waals surface area contributed by atoms with Crippen molar-refractivity contribution in [1.82, 2.24) is 4.98 Å². The first-order valence-corrected chi connectivity index (χ1v) is 10.4. The number of nitrogens with one attached hydrogen (secondary N) is 2. The summed E-state index contributed by atoms with van der Waals surface area (Å²) in [5.41, 5.74) is 3.66. The molecule has 0 unspecified atom stereocenters. The summed E-state index contributed by atoms with van der Waals surface area (Å²) in [6.45, 7) is 2.73. The topological polar surface area (TPSA) is 57.4 Å². The smallest absolute Gasteiger partial charge is 0.253 e. The molecule has 0 amide bonds. The molecule has 0 bridgehead atoms. The molecule has 5 nitrogen and oxygen atoms in total. The van der Waals surface area contributed by atoms with Crippen molar-refractivity contribution in [3.8, 4) is 5.75 Å². The molecule has 2 heterocycles. The van der Waals surface area contributed by atoms with Gasteiger partial charge in [0.2, 0.25) is 0 Å². The maximum absolute atomic E-state index is 12.4. The third kappa shape index (κ3) is 3.87. The zero-order valence-corrected chi connectivity index (χ0v) is 17.5. The number of H-pyrrole nitrogens is 1. The number of aromatic nitrogens is 1. The fourth-order valence-electron chi connectivity index (χ4n) is 3.69. The van der Waals surface area contributed by atoms with Crippen molar-refractivity contribution in [3.05, 3.63) is 62.9 Å². The molecule has 146 valence electrons. The SMILES string of the molecule is COc1ccc2[nH]c(=O)c(CNc3ccc(N4CCCCC4)cc3)cc2c1Br. The summed E-state index contributed by atoms with van der Waals surface area (Å²) >= 11 is 3.57. The van der Waals surface area contributed by atoms with Gasteiger partial charge in [-0.1, -0.05) is 0 Å². The third-order valence-corrected chi connectivity index (χ3v) is 6.11. The Hall–Kier alpha value is -2.47. The summed E-state index contributed by atoms with van der Waals surface area (Å²) in [7, 11) is 1.63. The zero-order chi connectivity index (χ0) is 19.5. The van der Waals surface area contributed by atoms with Crippen LogP contribution in [0.5, 0.6) is 5.75 Å². The number of benzene rings is 2. The highest BCUT2D eigenvalue weighted by Crippen LogP contribution is 2.32. The number of ether oxygens (including phenoxy) is 1. The molecule has 1 saturated heterocycles. The van der Waals surface area contributed by atoms with Gasteiger partial charge in [-0.2, -0.15) is 0 Å². The van der Waals surface area contributed by atoms with Crippen molar-refractivity contribution in [3.63, 3.8) is 0 Å². The molecule has 0 spiro atoms. The van der Waals surface area contributed by atoms with Crippen LogP contribution in [0.3, 0.4) is 0 Å². The van der Waals surface area contributed by atoms with Gasteiger partial charge in [0.25, 0.3) is 5.56 Å². The highest BCUT2D eigenvalue weighted by Gasteiger charge is 2.11. The molecule has 1 aliphatic heterocycles. The number of halogens is 1. The van der Waals surface area contributed by atoms with Crippen LogP contribution < -0.4 is 20.5 Å². The minimum absolute atomic E-state index is 0.0815. The lowest BCUT2D eigenvalue weighted by Crippen LogP contribution is -2.29. The van der Waals surface area contributed by atoms with Gasteiger partial charge in [-0.15, -0.1) is 0 Å². The van der Waals surface area contributed by atoms with Crippen molar-refractivity contribution < 1.29 is 4.74 Å². The summed E-state index contributed by atoms with van der Waals surface area (Å²) in [4.78, 5) is 17.8. The fraction of sp³-hybridized carbons (Fsp3) is 0.318. The fourth-order valence-corrected chi connectivity index (χ4v) is 4.32. The summed E-state index contributed by atoms with van der Waals surface area (Å²) in [6, 6.07) is 14.1. The van der Waals surface area contributed by atoms with Crippen LogP contribution >= 0.6 is 15.9 Å². The highest BCUT2D eigenvalue weighted by molar-refractivity contribution is 9.10.